The van der Waals surface area contributed by atoms with Gasteiger partial charge in [0.05, 0.1) is 26.5 Å². The number of methoxy groups -OCH3 is 1. The van der Waals surface area contributed by atoms with E-state index in [1.54, 1.807) is 12.0 Å². The van der Waals surface area contributed by atoms with E-state index in [4.69, 9.17) is 14.2 Å². The van der Waals surface area contributed by atoms with E-state index >= 15 is 0 Å². The van der Waals surface area contributed by atoms with E-state index in [0.717, 1.165) is 24.1 Å². The molecule has 4 rings (SSSR count). The fourth-order valence-electron chi connectivity index (χ4n) is 4.67. The molecule has 1 fully saturated rings. The lowest BCUT2D eigenvalue weighted by atomic mass is 10.0. The highest BCUT2D eigenvalue weighted by Gasteiger charge is 2.37. The van der Waals surface area contributed by atoms with E-state index in [-0.39, 0.29) is 24.9 Å². The standard InChI is InChI=1S/C29H37FN4O5/c1-22-16-31-34(17-22)11-4-14-38-28-15-24(5-10-27(28)37-3)18-32-12-13-33(23(2)35)20-29(36,19-32)21-39-26-8-6-25(30)7-9-26/h5-10,15-17,36H,4,11-14,18-21H2,1-3H3/t29-/m0/s1. The summed E-state index contributed by atoms with van der Waals surface area (Å²) in [4.78, 5) is 16.0. The number of amides is 1. The predicted molar refractivity (Wildman–Crippen MR) is 144 cm³/mol. The van der Waals surface area contributed by atoms with Gasteiger partial charge in [-0.2, -0.15) is 5.10 Å². The zero-order chi connectivity index (χ0) is 27.8. The van der Waals surface area contributed by atoms with Gasteiger partial charge < -0.3 is 24.2 Å². The van der Waals surface area contributed by atoms with Gasteiger partial charge in [0.15, 0.2) is 11.5 Å². The number of nitrogens with zero attached hydrogens (tertiary/aromatic N) is 4. The highest BCUT2D eigenvalue weighted by molar-refractivity contribution is 5.73. The van der Waals surface area contributed by atoms with Crippen molar-refractivity contribution < 1.29 is 28.5 Å². The number of carbonyl (C=O) groups excluding carboxylic acids is 1. The van der Waals surface area contributed by atoms with Crippen LogP contribution in [0.5, 0.6) is 17.2 Å². The van der Waals surface area contributed by atoms with Crippen LogP contribution in [0.25, 0.3) is 0 Å². The summed E-state index contributed by atoms with van der Waals surface area (Å²) in [6.07, 6.45) is 4.63. The van der Waals surface area contributed by atoms with Crippen molar-refractivity contribution in [1.29, 1.82) is 0 Å². The Morgan fingerprint density at radius 2 is 1.90 bits per heavy atom. The number of hydrogen-bond donors (Lipinski definition) is 1. The second-order valence-electron chi connectivity index (χ2n) is 10.1. The first kappa shape index (κ1) is 28.4. The van der Waals surface area contributed by atoms with E-state index < -0.39 is 5.60 Å². The van der Waals surface area contributed by atoms with Crippen LogP contribution in [0.4, 0.5) is 4.39 Å². The molecule has 0 spiro atoms. The number of halogens is 1. The van der Waals surface area contributed by atoms with Gasteiger partial charge in [-0.15, -0.1) is 0 Å². The number of aryl methyl sites for hydroxylation is 2. The molecule has 1 saturated heterocycles. The first-order valence-electron chi connectivity index (χ1n) is 13.1. The zero-order valence-electron chi connectivity index (χ0n) is 22.8. The van der Waals surface area contributed by atoms with Crippen molar-refractivity contribution in [2.75, 3.05) is 46.5 Å². The molecule has 39 heavy (non-hydrogen) atoms. The molecule has 0 bridgehead atoms. The van der Waals surface area contributed by atoms with Crippen LogP contribution in [0.2, 0.25) is 0 Å². The van der Waals surface area contributed by atoms with Crippen LogP contribution >= 0.6 is 0 Å². The lowest BCUT2D eigenvalue weighted by molar-refractivity contribution is -0.132. The molecular weight excluding hydrogens is 503 g/mol. The van der Waals surface area contributed by atoms with Crippen LogP contribution in [-0.2, 0) is 17.9 Å². The lowest BCUT2D eigenvalue weighted by Gasteiger charge is -2.32. The van der Waals surface area contributed by atoms with Gasteiger partial charge in [-0.05, 0) is 54.4 Å². The van der Waals surface area contributed by atoms with Crippen LogP contribution < -0.4 is 14.2 Å². The van der Waals surface area contributed by atoms with Crippen molar-refractivity contribution in [3.05, 3.63) is 71.8 Å². The maximum Gasteiger partial charge on any atom is 0.219 e. The third kappa shape index (κ3) is 8.18. The van der Waals surface area contributed by atoms with Gasteiger partial charge in [-0.1, -0.05) is 6.07 Å². The molecule has 1 N–H and O–H groups in total. The zero-order valence-corrected chi connectivity index (χ0v) is 22.8. The van der Waals surface area contributed by atoms with Crippen molar-refractivity contribution in [2.24, 2.45) is 0 Å². The van der Waals surface area contributed by atoms with Crippen LogP contribution in [0.3, 0.4) is 0 Å². The van der Waals surface area contributed by atoms with Crippen molar-refractivity contribution in [2.45, 2.75) is 39.0 Å². The van der Waals surface area contributed by atoms with Gasteiger partial charge in [0.1, 0.15) is 23.8 Å². The molecule has 1 aliphatic rings. The molecule has 2 aromatic carbocycles. The van der Waals surface area contributed by atoms with Gasteiger partial charge in [0, 0.05) is 52.3 Å². The van der Waals surface area contributed by atoms with Crippen LogP contribution in [0.1, 0.15) is 24.5 Å². The number of carbonyl (C=O) groups is 1. The van der Waals surface area contributed by atoms with Gasteiger partial charge in [0.25, 0.3) is 0 Å². The second kappa shape index (κ2) is 12.9. The molecule has 0 saturated carbocycles. The van der Waals surface area contributed by atoms with E-state index in [9.17, 15) is 14.3 Å². The number of benzene rings is 2. The molecule has 210 valence electrons. The number of aliphatic hydroxyl groups is 1. The molecule has 1 atom stereocenters. The Labute approximate surface area is 228 Å². The monoisotopic (exact) mass is 540 g/mol. The fraction of sp³-hybridized carbons (Fsp3) is 0.448. The van der Waals surface area contributed by atoms with Crippen LogP contribution in [0, 0.1) is 12.7 Å². The van der Waals surface area contributed by atoms with E-state index in [0.29, 0.717) is 50.0 Å². The molecule has 10 heteroatoms. The molecule has 0 unspecified atom stereocenters. The highest BCUT2D eigenvalue weighted by atomic mass is 19.1. The van der Waals surface area contributed by atoms with Crippen molar-refractivity contribution in [1.82, 2.24) is 19.6 Å². The summed E-state index contributed by atoms with van der Waals surface area (Å²) in [6.45, 7) is 6.80. The minimum absolute atomic E-state index is 0.0360. The third-order valence-electron chi connectivity index (χ3n) is 6.64. The van der Waals surface area contributed by atoms with E-state index in [1.165, 1.54) is 31.2 Å². The Kier molecular flexibility index (Phi) is 9.42. The summed E-state index contributed by atoms with van der Waals surface area (Å²) < 4.78 is 32.5. The largest absolute Gasteiger partial charge is 0.493 e. The molecule has 9 nitrogen and oxygen atoms in total. The Bertz CT molecular complexity index is 1230. The summed E-state index contributed by atoms with van der Waals surface area (Å²) in [5.41, 5.74) is 0.804. The topological polar surface area (TPSA) is 89.3 Å². The van der Waals surface area contributed by atoms with Gasteiger partial charge >= 0.3 is 0 Å². The molecular formula is C29H37FN4O5. The second-order valence-corrected chi connectivity index (χ2v) is 10.1. The highest BCUT2D eigenvalue weighted by Crippen LogP contribution is 2.29. The van der Waals surface area contributed by atoms with E-state index in [1.807, 2.05) is 42.2 Å². The predicted octanol–water partition coefficient (Wildman–Crippen LogP) is 3.28. The van der Waals surface area contributed by atoms with Crippen LogP contribution in [-0.4, -0.2) is 82.7 Å². The van der Waals surface area contributed by atoms with Crippen molar-refractivity contribution in [3.63, 3.8) is 0 Å². The normalized spacial score (nSPS) is 18.0. The quantitative estimate of drug-likeness (QED) is 0.374. The SMILES string of the molecule is COc1ccc(CN2CCN(C(C)=O)C[C@](O)(COc3ccc(F)cc3)C2)cc1OCCCn1cc(C)cn1. The smallest absolute Gasteiger partial charge is 0.219 e. The van der Waals surface area contributed by atoms with Gasteiger partial charge in [0.2, 0.25) is 5.91 Å². The van der Waals surface area contributed by atoms with E-state index in [2.05, 4.69) is 10.00 Å². The summed E-state index contributed by atoms with van der Waals surface area (Å²) in [5.74, 6) is 1.29. The fourth-order valence-corrected chi connectivity index (χ4v) is 4.67. The summed E-state index contributed by atoms with van der Waals surface area (Å²) in [6, 6.07) is 11.5. The summed E-state index contributed by atoms with van der Waals surface area (Å²) in [7, 11) is 1.61. The Morgan fingerprint density at radius 1 is 1.10 bits per heavy atom. The number of ether oxygens (including phenoxy) is 3. The minimum atomic E-state index is -1.31. The number of rotatable bonds is 11. The Morgan fingerprint density at radius 3 is 2.59 bits per heavy atom. The first-order chi connectivity index (χ1) is 18.7. The van der Waals surface area contributed by atoms with Gasteiger partial charge in [-0.3, -0.25) is 14.4 Å². The van der Waals surface area contributed by atoms with Crippen molar-refractivity contribution >= 4 is 5.91 Å². The number of β-amino-alcohol motifs (C(OH)–C–C–N with tert-alkyl or cyclic N) is 1. The first-order valence-corrected chi connectivity index (χ1v) is 13.1. The third-order valence-corrected chi connectivity index (χ3v) is 6.64. The van der Waals surface area contributed by atoms with Gasteiger partial charge in [-0.25, -0.2) is 4.39 Å². The Balaban J connectivity index is 1.41. The molecule has 1 aromatic heterocycles. The molecule has 1 aliphatic heterocycles. The van der Waals surface area contributed by atoms with Crippen molar-refractivity contribution in [3.8, 4) is 17.2 Å². The maximum absolute atomic E-state index is 13.3. The molecule has 2 heterocycles. The summed E-state index contributed by atoms with van der Waals surface area (Å²) in [5, 5.41) is 15.8. The average molecular weight is 541 g/mol. The molecule has 1 amide bonds. The lowest BCUT2D eigenvalue weighted by Crippen LogP contribution is -2.51. The number of aromatic nitrogens is 2. The average Bonchev–Trinajstić information content (AvgIpc) is 3.25. The Hall–Kier alpha value is -3.63. The summed E-state index contributed by atoms with van der Waals surface area (Å²) >= 11 is 0. The molecule has 0 aliphatic carbocycles. The van der Waals surface area contributed by atoms with Crippen LogP contribution in [0.15, 0.2) is 54.9 Å². The number of hydrogen-bond acceptors (Lipinski definition) is 7. The maximum atomic E-state index is 13.3. The molecule has 3 aromatic rings. The minimum Gasteiger partial charge on any atom is -0.493 e. The molecule has 0 radical (unpaired) electrons.